The molecule has 3 rings (SSSR count). The highest BCUT2D eigenvalue weighted by Gasteiger charge is 2.04. The first kappa shape index (κ1) is 20.2. The molecule has 0 saturated carbocycles. The first-order valence-electron chi connectivity index (χ1n) is 9.53. The molecule has 2 N–H and O–H groups in total. The van der Waals surface area contributed by atoms with Crippen molar-refractivity contribution in [3.05, 3.63) is 78.5 Å². The minimum Gasteiger partial charge on any atom is -0.497 e. The van der Waals surface area contributed by atoms with E-state index in [-0.39, 0.29) is 5.91 Å². The number of ether oxygens (including phenoxy) is 2. The van der Waals surface area contributed by atoms with E-state index in [1.807, 2.05) is 60.7 Å². The summed E-state index contributed by atoms with van der Waals surface area (Å²) in [6.07, 6.45) is 2.83. The predicted octanol–water partition coefficient (Wildman–Crippen LogP) is 4.15. The molecule has 0 saturated heterocycles. The van der Waals surface area contributed by atoms with Gasteiger partial charge < -0.3 is 20.1 Å². The van der Waals surface area contributed by atoms with Gasteiger partial charge >= 0.3 is 0 Å². The van der Waals surface area contributed by atoms with Crippen molar-refractivity contribution in [2.45, 2.75) is 12.8 Å². The van der Waals surface area contributed by atoms with Crippen molar-refractivity contribution < 1.29 is 14.3 Å². The van der Waals surface area contributed by atoms with Crippen LogP contribution >= 0.6 is 0 Å². The fourth-order valence-corrected chi connectivity index (χ4v) is 2.72. The summed E-state index contributed by atoms with van der Waals surface area (Å²) in [5, 5.41) is 6.06. The number of aromatic nitrogens is 1. The maximum atomic E-state index is 12.1. The highest BCUT2D eigenvalue weighted by Crippen LogP contribution is 2.17. The van der Waals surface area contributed by atoms with E-state index in [1.54, 1.807) is 19.4 Å². The third-order valence-corrected chi connectivity index (χ3v) is 4.27. The second kappa shape index (κ2) is 10.7. The number of rotatable bonds is 10. The van der Waals surface area contributed by atoms with Gasteiger partial charge in [0.05, 0.1) is 19.0 Å². The van der Waals surface area contributed by atoms with E-state index in [0.717, 1.165) is 22.7 Å². The fourth-order valence-electron chi connectivity index (χ4n) is 2.72. The molecule has 6 nitrogen and oxygen atoms in total. The number of anilines is 2. The number of pyridine rings is 1. The van der Waals surface area contributed by atoms with Crippen LogP contribution in [0.1, 0.15) is 12.0 Å². The first-order valence-corrected chi connectivity index (χ1v) is 9.53. The molecule has 0 unspecified atom stereocenters. The average Bonchev–Trinajstić information content (AvgIpc) is 2.77. The Labute approximate surface area is 170 Å². The Morgan fingerprint density at radius 2 is 1.72 bits per heavy atom. The van der Waals surface area contributed by atoms with Crippen LogP contribution in [-0.2, 0) is 11.2 Å². The number of benzene rings is 2. The summed E-state index contributed by atoms with van der Waals surface area (Å²) in [6.45, 7) is 1.15. The van der Waals surface area contributed by atoms with Gasteiger partial charge in [-0.2, -0.15) is 0 Å². The number of aryl methyl sites for hydroxylation is 1. The number of nitrogens with one attached hydrogen (secondary N) is 2. The Balaban J connectivity index is 1.36. The fraction of sp³-hybridized carbons (Fsp3) is 0.217. The number of carbonyl (C=O) groups excluding carboxylic acids is 1. The number of hydrogen-bond acceptors (Lipinski definition) is 5. The lowest BCUT2D eigenvalue weighted by Gasteiger charge is -2.10. The van der Waals surface area contributed by atoms with Crippen molar-refractivity contribution in [1.82, 2.24) is 4.98 Å². The standard InChI is InChI=1S/C23H25N3O3/c1-28-20-9-11-21(12-10-20)29-16-15-24-19-8-13-22(25-17-19)26-23(27)14-7-18-5-3-2-4-6-18/h2-6,8-13,17,24H,7,14-16H2,1H3,(H,25,26,27). The van der Waals surface area contributed by atoms with Crippen molar-refractivity contribution in [3.63, 3.8) is 0 Å². The Morgan fingerprint density at radius 3 is 2.41 bits per heavy atom. The monoisotopic (exact) mass is 391 g/mol. The maximum Gasteiger partial charge on any atom is 0.225 e. The zero-order chi connectivity index (χ0) is 20.3. The summed E-state index contributed by atoms with van der Waals surface area (Å²) in [5.41, 5.74) is 2.01. The van der Waals surface area contributed by atoms with Gasteiger partial charge in [-0.1, -0.05) is 30.3 Å². The molecule has 1 aromatic heterocycles. The Hall–Kier alpha value is -3.54. The molecule has 150 valence electrons. The van der Waals surface area contributed by atoms with Crippen LogP contribution in [0.5, 0.6) is 11.5 Å². The van der Waals surface area contributed by atoms with Crippen LogP contribution in [-0.4, -0.2) is 31.2 Å². The van der Waals surface area contributed by atoms with E-state index < -0.39 is 0 Å². The van der Waals surface area contributed by atoms with Gasteiger partial charge in [-0.05, 0) is 48.4 Å². The minimum absolute atomic E-state index is 0.0463. The third-order valence-electron chi connectivity index (χ3n) is 4.27. The van der Waals surface area contributed by atoms with Crippen molar-refractivity contribution in [2.24, 2.45) is 0 Å². The van der Waals surface area contributed by atoms with Crippen LogP contribution in [0.4, 0.5) is 11.5 Å². The topological polar surface area (TPSA) is 72.5 Å². The molecule has 2 aromatic carbocycles. The lowest BCUT2D eigenvalue weighted by molar-refractivity contribution is -0.116. The van der Waals surface area contributed by atoms with Crippen molar-refractivity contribution in [3.8, 4) is 11.5 Å². The second-order valence-electron chi connectivity index (χ2n) is 6.42. The van der Waals surface area contributed by atoms with Crippen LogP contribution < -0.4 is 20.1 Å². The molecule has 0 aliphatic heterocycles. The van der Waals surface area contributed by atoms with Crippen LogP contribution in [0.2, 0.25) is 0 Å². The van der Waals surface area contributed by atoms with Gasteiger partial charge in [-0.3, -0.25) is 4.79 Å². The van der Waals surface area contributed by atoms with E-state index in [0.29, 0.717) is 31.8 Å². The number of amides is 1. The zero-order valence-electron chi connectivity index (χ0n) is 16.4. The SMILES string of the molecule is COc1ccc(OCCNc2ccc(NC(=O)CCc3ccccc3)nc2)cc1. The molecule has 1 heterocycles. The molecular formula is C23H25N3O3. The van der Waals surface area contributed by atoms with E-state index >= 15 is 0 Å². The molecule has 0 atom stereocenters. The van der Waals surface area contributed by atoms with E-state index in [2.05, 4.69) is 15.6 Å². The normalized spacial score (nSPS) is 10.2. The lowest BCUT2D eigenvalue weighted by atomic mass is 10.1. The molecule has 0 aliphatic rings. The Kier molecular flexibility index (Phi) is 7.46. The summed E-state index contributed by atoms with van der Waals surface area (Å²) in [6, 6.07) is 21.1. The Bertz CT molecular complexity index is 882. The largest absolute Gasteiger partial charge is 0.497 e. The van der Waals surface area contributed by atoms with Gasteiger partial charge in [0.1, 0.15) is 23.9 Å². The van der Waals surface area contributed by atoms with Crippen LogP contribution in [0.3, 0.4) is 0 Å². The second-order valence-corrected chi connectivity index (χ2v) is 6.42. The van der Waals surface area contributed by atoms with Crippen LogP contribution in [0.25, 0.3) is 0 Å². The van der Waals surface area contributed by atoms with Crippen molar-refractivity contribution >= 4 is 17.4 Å². The summed E-state index contributed by atoms with van der Waals surface area (Å²) in [5.74, 6) is 2.09. The van der Waals surface area contributed by atoms with Gasteiger partial charge in [0, 0.05) is 13.0 Å². The number of hydrogen-bond donors (Lipinski definition) is 2. The van der Waals surface area contributed by atoms with Gasteiger partial charge in [-0.25, -0.2) is 4.98 Å². The van der Waals surface area contributed by atoms with Crippen LogP contribution in [0.15, 0.2) is 72.9 Å². The molecule has 1 amide bonds. The summed E-state index contributed by atoms with van der Waals surface area (Å²) >= 11 is 0. The summed E-state index contributed by atoms with van der Waals surface area (Å²) in [7, 11) is 1.63. The molecule has 0 spiro atoms. The number of nitrogens with zero attached hydrogens (tertiary/aromatic N) is 1. The molecule has 0 aliphatic carbocycles. The third kappa shape index (κ3) is 6.84. The van der Waals surface area contributed by atoms with E-state index in [4.69, 9.17) is 9.47 Å². The summed E-state index contributed by atoms with van der Waals surface area (Å²) in [4.78, 5) is 16.3. The number of methoxy groups -OCH3 is 1. The first-order chi connectivity index (χ1) is 14.2. The molecule has 3 aromatic rings. The number of carbonyl (C=O) groups is 1. The van der Waals surface area contributed by atoms with E-state index in [1.165, 1.54) is 0 Å². The predicted molar refractivity (Wildman–Crippen MR) is 115 cm³/mol. The molecule has 0 fully saturated rings. The smallest absolute Gasteiger partial charge is 0.225 e. The molecule has 0 radical (unpaired) electrons. The summed E-state index contributed by atoms with van der Waals surface area (Å²) < 4.78 is 10.8. The van der Waals surface area contributed by atoms with Gasteiger partial charge in [-0.15, -0.1) is 0 Å². The van der Waals surface area contributed by atoms with Crippen molar-refractivity contribution in [1.29, 1.82) is 0 Å². The molecule has 0 bridgehead atoms. The molecule has 29 heavy (non-hydrogen) atoms. The minimum atomic E-state index is -0.0463. The lowest BCUT2D eigenvalue weighted by Crippen LogP contribution is -2.14. The Morgan fingerprint density at radius 1 is 0.966 bits per heavy atom. The quantitative estimate of drug-likeness (QED) is 0.508. The maximum absolute atomic E-state index is 12.1. The zero-order valence-corrected chi connectivity index (χ0v) is 16.4. The van der Waals surface area contributed by atoms with Crippen LogP contribution in [0, 0.1) is 0 Å². The van der Waals surface area contributed by atoms with Gasteiger partial charge in [0.25, 0.3) is 0 Å². The van der Waals surface area contributed by atoms with Gasteiger partial charge in [0.15, 0.2) is 0 Å². The van der Waals surface area contributed by atoms with E-state index in [9.17, 15) is 4.79 Å². The molecule has 6 heteroatoms. The highest BCUT2D eigenvalue weighted by atomic mass is 16.5. The van der Waals surface area contributed by atoms with Crippen molar-refractivity contribution in [2.75, 3.05) is 30.9 Å². The molecular weight excluding hydrogens is 366 g/mol. The average molecular weight is 391 g/mol. The highest BCUT2D eigenvalue weighted by molar-refractivity contribution is 5.89. The van der Waals surface area contributed by atoms with Gasteiger partial charge in [0.2, 0.25) is 5.91 Å².